The molecule has 1 N–H and O–H groups in total. The van der Waals surface area contributed by atoms with Gasteiger partial charge in [-0.25, -0.2) is 0 Å². The van der Waals surface area contributed by atoms with E-state index in [9.17, 15) is 9.59 Å². The number of piperidine rings is 1. The van der Waals surface area contributed by atoms with Crippen LogP contribution in [0.2, 0.25) is 0 Å². The number of likely N-dealkylation sites (tertiary alicyclic amines) is 1. The van der Waals surface area contributed by atoms with Crippen molar-refractivity contribution in [1.82, 2.24) is 4.90 Å². The van der Waals surface area contributed by atoms with Crippen LogP contribution in [0.3, 0.4) is 0 Å². The fourth-order valence-electron chi connectivity index (χ4n) is 3.12. The van der Waals surface area contributed by atoms with Crippen molar-refractivity contribution in [2.45, 2.75) is 52.1 Å². The van der Waals surface area contributed by atoms with Gasteiger partial charge >= 0.3 is 0 Å². The lowest BCUT2D eigenvalue weighted by Crippen LogP contribution is -2.47. The molecule has 120 valence electrons. The summed E-state index contributed by atoms with van der Waals surface area (Å²) in [5.41, 5.74) is 1.10. The Balaban J connectivity index is 2.35. The molecule has 0 aliphatic carbocycles. The Morgan fingerprint density at radius 1 is 1.23 bits per heavy atom. The number of carbonyl (C=O) groups is 2. The van der Waals surface area contributed by atoms with Crippen LogP contribution in [0, 0.1) is 0 Å². The van der Waals surface area contributed by atoms with Crippen LogP contribution in [0.5, 0.6) is 5.75 Å². The molecular weight excluding hydrogens is 280 g/mol. The second-order valence-electron chi connectivity index (χ2n) is 5.94. The van der Waals surface area contributed by atoms with Gasteiger partial charge in [-0.05, 0) is 51.3 Å². The molecule has 0 aromatic heterocycles. The van der Waals surface area contributed by atoms with E-state index in [4.69, 9.17) is 4.74 Å². The number of benzene rings is 1. The van der Waals surface area contributed by atoms with Gasteiger partial charge in [0.05, 0.1) is 12.7 Å². The molecule has 1 aliphatic heterocycles. The van der Waals surface area contributed by atoms with Crippen LogP contribution in [0.25, 0.3) is 0 Å². The summed E-state index contributed by atoms with van der Waals surface area (Å²) in [5, 5.41) is 2.71. The van der Waals surface area contributed by atoms with Gasteiger partial charge in [-0.15, -0.1) is 0 Å². The van der Waals surface area contributed by atoms with Gasteiger partial charge in [0.1, 0.15) is 5.75 Å². The normalized spacial score (nSPS) is 21.4. The van der Waals surface area contributed by atoms with Crippen molar-refractivity contribution in [3.63, 3.8) is 0 Å². The Labute approximate surface area is 131 Å². The lowest BCUT2D eigenvalue weighted by Gasteiger charge is -2.39. The summed E-state index contributed by atoms with van der Waals surface area (Å²) >= 11 is 0. The molecule has 1 fully saturated rings. The number of rotatable bonds is 3. The summed E-state index contributed by atoms with van der Waals surface area (Å²) in [5.74, 6) is 0.330. The summed E-state index contributed by atoms with van der Waals surface area (Å²) in [7, 11) is 1.55. The Bertz CT molecular complexity index is 561. The van der Waals surface area contributed by atoms with Crippen LogP contribution in [0.1, 0.15) is 50.4 Å². The molecule has 5 nitrogen and oxygen atoms in total. The molecule has 1 aromatic carbocycles. The monoisotopic (exact) mass is 304 g/mol. The summed E-state index contributed by atoms with van der Waals surface area (Å²) in [6.45, 7) is 5.61. The Kier molecular flexibility index (Phi) is 5.06. The van der Waals surface area contributed by atoms with Crippen LogP contribution in [-0.2, 0) is 4.79 Å². The minimum Gasteiger partial charge on any atom is -0.496 e. The van der Waals surface area contributed by atoms with Crippen molar-refractivity contribution in [2.75, 3.05) is 12.4 Å². The maximum absolute atomic E-state index is 13.0. The largest absolute Gasteiger partial charge is 0.496 e. The predicted octanol–water partition coefficient (Wildman–Crippen LogP) is 3.06. The zero-order chi connectivity index (χ0) is 16.3. The average Bonchev–Trinajstić information content (AvgIpc) is 2.46. The Morgan fingerprint density at radius 3 is 2.41 bits per heavy atom. The first-order valence-corrected chi connectivity index (χ1v) is 7.72. The minimum absolute atomic E-state index is 0.0382. The first-order valence-electron chi connectivity index (χ1n) is 7.72. The van der Waals surface area contributed by atoms with Gasteiger partial charge in [0.15, 0.2) is 0 Å². The molecule has 2 unspecified atom stereocenters. The predicted molar refractivity (Wildman–Crippen MR) is 86.2 cm³/mol. The lowest BCUT2D eigenvalue weighted by molar-refractivity contribution is -0.114. The molecule has 2 atom stereocenters. The Morgan fingerprint density at radius 2 is 1.86 bits per heavy atom. The van der Waals surface area contributed by atoms with E-state index < -0.39 is 0 Å². The highest BCUT2D eigenvalue weighted by Crippen LogP contribution is 2.29. The number of carbonyl (C=O) groups excluding carboxylic acids is 2. The minimum atomic E-state index is -0.164. The van der Waals surface area contributed by atoms with Crippen LogP contribution in [0.4, 0.5) is 5.69 Å². The molecule has 0 bridgehead atoms. The third-order valence-corrected chi connectivity index (χ3v) is 4.18. The topological polar surface area (TPSA) is 58.6 Å². The van der Waals surface area contributed by atoms with Crippen LogP contribution in [-0.4, -0.2) is 35.9 Å². The summed E-state index contributed by atoms with van der Waals surface area (Å²) in [4.78, 5) is 26.1. The fraction of sp³-hybridized carbons (Fsp3) is 0.529. The maximum atomic E-state index is 13.0. The van der Waals surface area contributed by atoms with Gasteiger partial charge in [0.25, 0.3) is 5.91 Å². The molecule has 5 heteroatoms. The van der Waals surface area contributed by atoms with Crippen molar-refractivity contribution in [3.8, 4) is 5.75 Å². The maximum Gasteiger partial charge on any atom is 0.258 e. The van der Waals surface area contributed by atoms with Crippen LogP contribution >= 0.6 is 0 Å². The standard InChI is InChI=1S/C17H24N2O3/c1-11-6-5-7-12(2)19(11)17(21)15-10-14(18-13(3)20)8-9-16(15)22-4/h8-12H,5-7H2,1-4H3,(H,18,20). The molecule has 1 heterocycles. The van der Waals surface area contributed by atoms with Crippen LogP contribution < -0.4 is 10.1 Å². The van der Waals surface area contributed by atoms with Gasteiger partial charge in [-0.3, -0.25) is 9.59 Å². The number of methoxy groups -OCH3 is 1. The fourth-order valence-corrected chi connectivity index (χ4v) is 3.12. The van der Waals surface area contributed by atoms with E-state index in [1.54, 1.807) is 25.3 Å². The Hall–Kier alpha value is -2.04. The lowest BCUT2D eigenvalue weighted by atomic mass is 9.96. The van der Waals surface area contributed by atoms with E-state index in [-0.39, 0.29) is 23.9 Å². The number of ether oxygens (including phenoxy) is 1. The molecule has 1 saturated heterocycles. The summed E-state index contributed by atoms with van der Waals surface area (Å²) in [6, 6.07) is 5.57. The van der Waals surface area contributed by atoms with E-state index in [0.717, 1.165) is 19.3 Å². The van der Waals surface area contributed by atoms with E-state index in [1.807, 2.05) is 4.90 Å². The van der Waals surface area contributed by atoms with E-state index in [0.29, 0.717) is 17.0 Å². The highest BCUT2D eigenvalue weighted by Gasteiger charge is 2.31. The molecule has 0 saturated carbocycles. The number of nitrogens with one attached hydrogen (secondary N) is 1. The van der Waals surface area contributed by atoms with Crippen LogP contribution in [0.15, 0.2) is 18.2 Å². The average molecular weight is 304 g/mol. The SMILES string of the molecule is COc1ccc(NC(C)=O)cc1C(=O)N1C(C)CCCC1C. The van der Waals surface area contributed by atoms with Gasteiger partial charge in [0, 0.05) is 24.7 Å². The highest BCUT2D eigenvalue weighted by atomic mass is 16.5. The molecule has 0 spiro atoms. The van der Waals surface area contributed by atoms with Crippen molar-refractivity contribution in [1.29, 1.82) is 0 Å². The van der Waals surface area contributed by atoms with E-state index in [2.05, 4.69) is 19.2 Å². The van der Waals surface area contributed by atoms with Gasteiger partial charge < -0.3 is 15.0 Å². The first kappa shape index (κ1) is 16.3. The van der Waals surface area contributed by atoms with E-state index in [1.165, 1.54) is 6.92 Å². The first-order chi connectivity index (χ1) is 10.4. The number of anilines is 1. The zero-order valence-electron chi connectivity index (χ0n) is 13.7. The molecule has 1 aromatic rings. The van der Waals surface area contributed by atoms with Gasteiger partial charge in [-0.1, -0.05) is 0 Å². The molecule has 2 amide bonds. The molecule has 1 aliphatic rings. The van der Waals surface area contributed by atoms with Crippen molar-refractivity contribution >= 4 is 17.5 Å². The summed E-state index contributed by atoms with van der Waals surface area (Å²) < 4.78 is 5.33. The van der Waals surface area contributed by atoms with Crippen molar-refractivity contribution in [2.24, 2.45) is 0 Å². The molecular formula is C17H24N2O3. The quantitative estimate of drug-likeness (QED) is 0.933. The second kappa shape index (κ2) is 6.81. The van der Waals surface area contributed by atoms with Crippen molar-refractivity contribution < 1.29 is 14.3 Å². The van der Waals surface area contributed by atoms with Crippen molar-refractivity contribution in [3.05, 3.63) is 23.8 Å². The number of hydrogen-bond donors (Lipinski definition) is 1. The summed E-state index contributed by atoms with van der Waals surface area (Å²) in [6.07, 6.45) is 3.18. The third-order valence-electron chi connectivity index (χ3n) is 4.18. The van der Waals surface area contributed by atoms with Gasteiger partial charge in [-0.2, -0.15) is 0 Å². The second-order valence-corrected chi connectivity index (χ2v) is 5.94. The molecule has 2 rings (SSSR count). The van der Waals surface area contributed by atoms with Gasteiger partial charge in [0.2, 0.25) is 5.91 Å². The smallest absolute Gasteiger partial charge is 0.258 e. The number of amides is 2. The highest BCUT2D eigenvalue weighted by molar-refractivity contribution is 5.99. The molecule has 22 heavy (non-hydrogen) atoms. The number of nitrogens with zero attached hydrogens (tertiary/aromatic N) is 1. The third kappa shape index (κ3) is 3.40. The number of hydrogen-bond acceptors (Lipinski definition) is 3. The zero-order valence-corrected chi connectivity index (χ0v) is 13.7. The molecule has 0 radical (unpaired) electrons. The van der Waals surface area contributed by atoms with E-state index >= 15 is 0 Å².